The van der Waals surface area contributed by atoms with Crippen molar-refractivity contribution in [2.24, 2.45) is 11.3 Å². The van der Waals surface area contributed by atoms with Crippen LogP contribution in [0.2, 0.25) is 0 Å². The first kappa shape index (κ1) is 15.3. The van der Waals surface area contributed by atoms with Crippen molar-refractivity contribution in [3.63, 3.8) is 0 Å². The highest BCUT2D eigenvalue weighted by molar-refractivity contribution is 5.94. The number of aromatic hydroxyl groups is 1. The summed E-state index contributed by atoms with van der Waals surface area (Å²) in [4.78, 5) is 12.0. The Bertz CT molecular complexity index is 449. The van der Waals surface area contributed by atoms with E-state index in [1.165, 1.54) is 13.2 Å². The summed E-state index contributed by atoms with van der Waals surface area (Å²) in [5.74, 6) is 0.510. The Kier molecular flexibility index (Phi) is 4.81. The minimum absolute atomic E-state index is 0.0287. The molecule has 0 bridgehead atoms. The van der Waals surface area contributed by atoms with Gasteiger partial charge in [0.05, 0.1) is 7.11 Å². The van der Waals surface area contributed by atoms with E-state index in [1.54, 1.807) is 12.1 Å². The lowest BCUT2D eigenvalue weighted by Crippen LogP contribution is -2.33. The monoisotopic (exact) mass is 265 g/mol. The summed E-state index contributed by atoms with van der Waals surface area (Å²) in [6.45, 7) is 9.13. The van der Waals surface area contributed by atoms with E-state index < -0.39 is 0 Å². The molecule has 1 aromatic carbocycles. The number of phenolic OH excluding ortho intramolecular Hbond substituents is 1. The second-order valence-electron chi connectivity index (χ2n) is 5.86. The number of amides is 1. The molecule has 0 aliphatic rings. The van der Waals surface area contributed by atoms with Gasteiger partial charge in [0.2, 0.25) is 0 Å². The van der Waals surface area contributed by atoms with Gasteiger partial charge in [0.15, 0.2) is 11.5 Å². The average Bonchev–Trinajstić information content (AvgIpc) is 2.34. The Balaban J connectivity index is 2.67. The molecule has 1 atom stereocenters. The van der Waals surface area contributed by atoms with E-state index in [9.17, 15) is 9.90 Å². The first-order valence-electron chi connectivity index (χ1n) is 6.41. The number of carbonyl (C=O) groups excluding carboxylic acids is 1. The van der Waals surface area contributed by atoms with Gasteiger partial charge in [0, 0.05) is 12.1 Å². The lowest BCUT2D eigenvalue weighted by Gasteiger charge is -2.27. The van der Waals surface area contributed by atoms with Crippen molar-refractivity contribution in [1.82, 2.24) is 5.32 Å². The van der Waals surface area contributed by atoms with E-state index in [2.05, 4.69) is 33.0 Å². The molecule has 0 spiro atoms. The normalized spacial score (nSPS) is 12.9. The topological polar surface area (TPSA) is 58.6 Å². The molecule has 0 aliphatic carbocycles. The number of methoxy groups -OCH3 is 1. The van der Waals surface area contributed by atoms with E-state index in [4.69, 9.17) is 4.74 Å². The maximum Gasteiger partial charge on any atom is 0.251 e. The Labute approximate surface area is 114 Å². The standard InChI is InChI=1S/C15H23NO3/c1-10(15(2,3)4)9-16-14(18)11-6-7-13(19-5)12(17)8-11/h6-8,10,17H,9H2,1-5H3,(H,16,18). The maximum absolute atomic E-state index is 12.0. The quantitative estimate of drug-likeness (QED) is 0.880. The van der Waals surface area contributed by atoms with E-state index in [0.29, 0.717) is 23.8 Å². The van der Waals surface area contributed by atoms with Gasteiger partial charge in [-0.2, -0.15) is 0 Å². The largest absolute Gasteiger partial charge is 0.504 e. The second-order valence-corrected chi connectivity index (χ2v) is 5.86. The third-order valence-electron chi connectivity index (χ3n) is 3.49. The summed E-state index contributed by atoms with van der Waals surface area (Å²) in [7, 11) is 1.47. The van der Waals surface area contributed by atoms with Crippen molar-refractivity contribution in [3.05, 3.63) is 23.8 Å². The van der Waals surface area contributed by atoms with Gasteiger partial charge in [-0.3, -0.25) is 4.79 Å². The SMILES string of the molecule is COc1ccc(C(=O)NCC(C)C(C)(C)C)cc1O. The van der Waals surface area contributed by atoms with Crippen LogP contribution in [0.5, 0.6) is 11.5 Å². The zero-order chi connectivity index (χ0) is 14.6. The van der Waals surface area contributed by atoms with Crippen LogP contribution in [0.4, 0.5) is 0 Å². The zero-order valence-electron chi connectivity index (χ0n) is 12.3. The molecule has 4 nitrogen and oxygen atoms in total. The fourth-order valence-corrected chi connectivity index (χ4v) is 1.49. The predicted octanol–water partition coefficient (Wildman–Crippen LogP) is 2.81. The molecule has 106 valence electrons. The highest BCUT2D eigenvalue weighted by Crippen LogP contribution is 2.27. The van der Waals surface area contributed by atoms with Crippen LogP contribution >= 0.6 is 0 Å². The van der Waals surface area contributed by atoms with Crippen LogP contribution in [0.1, 0.15) is 38.1 Å². The van der Waals surface area contributed by atoms with Gasteiger partial charge in [0.25, 0.3) is 5.91 Å². The summed E-state index contributed by atoms with van der Waals surface area (Å²) in [6, 6.07) is 4.63. The van der Waals surface area contributed by atoms with Crippen molar-refractivity contribution in [1.29, 1.82) is 0 Å². The third kappa shape index (κ3) is 4.16. The third-order valence-corrected chi connectivity index (χ3v) is 3.49. The van der Waals surface area contributed by atoms with Crippen LogP contribution in [0.25, 0.3) is 0 Å². The number of phenols is 1. The molecule has 1 amide bonds. The lowest BCUT2D eigenvalue weighted by molar-refractivity contribution is 0.0936. The highest BCUT2D eigenvalue weighted by atomic mass is 16.5. The van der Waals surface area contributed by atoms with Gasteiger partial charge in [-0.1, -0.05) is 27.7 Å². The van der Waals surface area contributed by atoms with Crippen molar-refractivity contribution >= 4 is 5.91 Å². The summed E-state index contributed by atoms with van der Waals surface area (Å²) >= 11 is 0. The first-order chi connectivity index (χ1) is 8.75. The summed E-state index contributed by atoms with van der Waals surface area (Å²) in [5, 5.41) is 12.5. The average molecular weight is 265 g/mol. The molecular weight excluding hydrogens is 242 g/mol. The van der Waals surface area contributed by atoms with Gasteiger partial charge >= 0.3 is 0 Å². The van der Waals surface area contributed by atoms with Gasteiger partial charge in [-0.25, -0.2) is 0 Å². The van der Waals surface area contributed by atoms with Crippen molar-refractivity contribution in [3.8, 4) is 11.5 Å². The fraction of sp³-hybridized carbons (Fsp3) is 0.533. The number of benzene rings is 1. The van der Waals surface area contributed by atoms with Crippen LogP contribution in [-0.4, -0.2) is 24.7 Å². The zero-order valence-corrected chi connectivity index (χ0v) is 12.3. The van der Waals surface area contributed by atoms with Crippen LogP contribution in [0, 0.1) is 11.3 Å². The van der Waals surface area contributed by atoms with E-state index in [1.807, 2.05) is 0 Å². The molecule has 0 saturated carbocycles. The molecule has 0 heterocycles. The van der Waals surface area contributed by atoms with E-state index in [-0.39, 0.29) is 17.1 Å². The molecule has 1 aromatic rings. The van der Waals surface area contributed by atoms with Crippen LogP contribution in [-0.2, 0) is 0 Å². The predicted molar refractivity (Wildman–Crippen MR) is 75.6 cm³/mol. The molecule has 0 saturated heterocycles. The van der Waals surface area contributed by atoms with Crippen LogP contribution in [0.3, 0.4) is 0 Å². The summed E-state index contributed by atoms with van der Waals surface area (Å²) < 4.78 is 4.94. The van der Waals surface area contributed by atoms with Crippen molar-refractivity contribution in [2.75, 3.05) is 13.7 Å². The molecule has 0 aliphatic heterocycles. The Morgan fingerprint density at radius 1 is 1.42 bits per heavy atom. The number of hydrogen-bond donors (Lipinski definition) is 2. The van der Waals surface area contributed by atoms with Gasteiger partial charge in [-0.05, 0) is 29.5 Å². The van der Waals surface area contributed by atoms with Crippen molar-refractivity contribution in [2.45, 2.75) is 27.7 Å². The van der Waals surface area contributed by atoms with Crippen LogP contribution in [0.15, 0.2) is 18.2 Å². The molecule has 0 aromatic heterocycles. The lowest BCUT2D eigenvalue weighted by atomic mass is 9.82. The maximum atomic E-state index is 12.0. The molecule has 0 fully saturated rings. The number of rotatable bonds is 4. The Hall–Kier alpha value is -1.71. The Morgan fingerprint density at radius 3 is 2.53 bits per heavy atom. The molecule has 19 heavy (non-hydrogen) atoms. The smallest absolute Gasteiger partial charge is 0.251 e. The first-order valence-corrected chi connectivity index (χ1v) is 6.41. The Morgan fingerprint density at radius 2 is 2.05 bits per heavy atom. The number of nitrogens with one attached hydrogen (secondary N) is 1. The number of carbonyl (C=O) groups is 1. The minimum atomic E-state index is -0.186. The van der Waals surface area contributed by atoms with E-state index in [0.717, 1.165) is 0 Å². The second kappa shape index (κ2) is 5.95. The van der Waals surface area contributed by atoms with Gasteiger partial charge in [-0.15, -0.1) is 0 Å². The van der Waals surface area contributed by atoms with Crippen molar-refractivity contribution < 1.29 is 14.6 Å². The highest BCUT2D eigenvalue weighted by Gasteiger charge is 2.20. The molecule has 4 heteroatoms. The van der Waals surface area contributed by atoms with Gasteiger partial charge in [0.1, 0.15) is 0 Å². The van der Waals surface area contributed by atoms with Crippen LogP contribution < -0.4 is 10.1 Å². The summed E-state index contributed by atoms with van der Waals surface area (Å²) in [6.07, 6.45) is 0. The minimum Gasteiger partial charge on any atom is -0.504 e. The molecule has 0 radical (unpaired) electrons. The van der Waals surface area contributed by atoms with Gasteiger partial charge < -0.3 is 15.2 Å². The number of hydrogen-bond acceptors (Lipinski definition) is 3. The fourth-order valence-electron chi connectivity index (χ4n) is 1.49. The number of ether oxygens (including phenoxy) is 1. The molecule has 1 rings (SSSR count). The van der Waals surface area contributed by atoms with E-state index >= 15 is 0 Å². The molecular formula is C15H23NO3. The molecule has 2 N–H and O–H groups in total. The summed E-state index contributed by atoms with van der Waals surface area (Å²) in [5.41, 5.74) is 0.578. The molecule has 1 unspecified atom stereocenters.